The lowest BCUT2D eigenvalue weighted by Crippen LogP contribution is -2.50. The minimum atomic E-state index is -0.938. The van der Waals surface area contributed by atoms with Crippen LogP contribution >= 0.6 is 0 Å². The smallest absolute Gasteiger partial charge is 0.407 e. The molecule has 7 nitrogen and oxygen atoms in total. The molecule has 2 aliphatic rings. The van der Waals surface area contributed by atoms with E-state index in [-0.39, 0.29) is 31.4 Å². The number of fused-ring (bicyclic) bond motifs is 3. The van der Waals surface area contributed by atoms with Gasteiger partial charge in [0.1, 0.15) is 6.61 Å². The van der Waals surface area contributed by atoms with E-state index in [0.29, 0.717) is 12.8 Å². The Bertz CT molecular complexity index is 1030. The van der Waals surface area contributed by atoms with Gasteiger partial charge in [0, 0.05) is 19.5 Å². The van der Waals surface area contributed by atoms with Crippen LogP contribution < -0.4 is 5.32 Å². The van der Waals surface area contributed by atoms with E-state index in [4.69, 9.17) is 9.84 Å². The van der Waals surface area contributed by atoms with Crippen molar-refractivity contribution < 1.29 is 24.2 Å². The number of aliphatic carboxylic acids is 1. The number of alkyl carbamates (subject to hydrolysis) is 1. The fourth-order valence-corrected chi connectivity index (χ4v) is 5.26. The fraction of sp³-hybridized carbons (Fsp3) is 0.444. The van der Waals surface area contributed by atoms with E-state index in [0.717, 1.165) is 24.0 Å². The Hall–Kier alpha value is -3.35. The molecule has 1 saturated carbocycles. The van der Waals surface area contributed by atoms with Crippen molar-refractivity contribution in [1.82, 2.24) is 10.2 Å². The van der Waals surface area contributed by atoms with Gasteiger partial charge in [-0.2, -0.15) is 0 Å². The maximum atomic E-state index is 12.9. The normalized spacial score (nSPS) is 16.9. The van der Waals surface area contributed by atoms with Crippen molar-refractivity contribution in [3.05, 3.63) is 59.7 Å². The number of carbonyl (C=O) groups is 3. The van der Waals surface area contributed by atoms with Crippen LogP contribution in [0.25, 0.3) is 11.1 Å². The number of carboxylic acids is 1. The molecule has 0 saturated heterocycles. The first-order valence-electron chi connectivity index (χ1n) is 11.9. The van der Waals surface area contributed by atoms with Crippen LogP contribution in [0.1, 0.15) is 56.1 Å². The molecule has 4 rings (SSSR count). The fourth-order valence-electron chi connectivity index (χ4n) is 5.26. The Labute approximate surface area is 200 Å². The summed E-state index contributed by atoms with van der Waals surface area (Å²) in [5, 5.41) is 12.1. The molecule has 1 fully saturated rings. The molecule has 1 atom stereocenters. The van der Waals surface area contributed by atoms with Crippen LogP contribution in [0.3, 0.4) is 0 Å². The molecular weight excluding hydrogens is 432 g/mol. The monoisotopic (exact) mass is 464 g/mol. The highest BCUT2D eigenvalue weighted by molar-refractivity contribution is 5.80. The SMILES string of the molecule is CC(CN(C)C(=O)CC1(NC(=O)OCC2c3ccccc3-c3ccccc32)CCCC1)C(=O)O. The molecule has 0 aromatic heterocycles. The number of nitrogens with one attached hydrogen (secondary N) is 1. The van der Waals surface area contributed by atoms with E-state index in [1.807, 2.05) is 24.3 Å². The first-order valence-corrected chi connectivity index (χ1v) is 11.9. The molecule has 7 heteroatoms. The van der Waals surface area contributed by atoms with Gasteiger partial charge >= 0.3 is 12.1 Å². The van der Waals surface area contributed by atoms with Gasteiger partial charge in [0.15, 0.2) is 0 Å². The van der Waals surface area contributed by atoms with Gasteiger partial charge in [0.2, 0.25) is 5.91 Å². The lowest BCUT2D eigenvalue weighted by Gasteiger charge is -2.31. The lowest BCUT2D eigenvalue weighted by atomic mass is 9.92. The third-order valence-corrected chi connectivity index (χ3v) is 7.16. The van der Waals surface area contributed by atoms with Crippen LogP contribution in [0.2, 0.25) is 0 Å². The Kier molecular flexibility index (Phi) is 6.91. The summed E-state index contributed by atoms with van der Waals surface area (Å²) in [4.78, 5) is 38.3. The molecular formula is C27H32N2O5. The molecule has 1 unspecified atom stereocenters. The van der Waals surface area contributed by atoms with E-state index in [2.05, 4.69) is 29.6 Å². The van der Waals surface area contributed by atoms with Crippen molar-refractivity contribution in [1.29, 1.82) is 0 Å². The second-order valence-electron chi connectivity index (χ2n) is 9.63. The van der Waals surface area contributed by atoms with Crippen molar-refractivity contribution in [2.24, 2.45) is 5.92 Å². The Morgan fingerprint density at radius 1 is 1.06 bits per heavy atom. The number of nitrogens with zero attached hydrogens (tertiary/aromatic N) is 1. The van der Waals surface area contributed by atoms with Gasteiger partial charge in [0.05, 0.1) is 17.9 Å². The van der Waals surface area contributed by atoms with Gasteiger partial charge < -0.3 is 20.1 Å². The maximum absolute atomic E-state index is 12.9. The largest absolute Gasteiger partial charge is 0.481 e. The first-order chi connectivity index (χ1) is 16.3. The van der Waals surface area contributed by atoms with E-state index < -0.39 is 23.5 Å². The number of benzene rings is 2. The van der Waals surface area contributed by atoms with E-state index in [1.54, 1.807) is 14.0 Å². The summed E-state index contributed by atoms with van der Waals surface area (Å²) in [6.07, 6.45) is 2.87. The average molecular weight is 465 g/mol. The van der Waals surface area contributed by atoms with Gasteiger partial charge in [-0.05, 0) is 35.1 Å². The third-order valence-electron chi connectivity index (χ3n) is 7.16. The number of amides is 2. The Balaban J connectivity index is 1.39. The highest BCUT2D eigenvalue weighted by Crippen LogP contribution is 2.44. The summed E-state index contributed by atoms with van der Waals surface area (Å²) in [5.74, 6) is -1.78. The first kappa shape index (κ1) is 23.8. The molecule has 0 spiro atoms. The van der Waals surface area contributed by atoms with Crippen molar-refractivity contribution in [3.8, 4) is 11.1 Å². The highest BCUT2D eigenvalue weighted by Gasteiger charge is 2.39. The predicted octanol–water partition coefficient (Wildman–Crippen LogP) is 4.41. The summed E-state index contributed by atoms with van der Waals surface area (Å²) in [5.41, 5.74) is 3.99. The maximum Gasteiger partial charge on any atom is 0.407 e. The number of ether oxygens (including phenoxy) is 1. The van der Waals surface area contributed by atoms with Crippen molar-refractivity contribution in [2.75, 3.05) is 20.2 Å². The molecule has 0 radical (unpaired) electrons. The van der Waals surface area contributed by atoms with Gasteiger partial charge in [0.25, 0.3) is 0 Å². The molecule has 2 amide bonds. The van der Waals surface area contributed by atoms with Crippen LogP contribution in [-0.2, 0) is 14.3 Å². The predicted molar refractivity (Wildman–Crippen MR) is 128 cm³/mol. The zero-order valence-electron chi connectivity index (χ0n) is 19.8. The number of hydrogen-bond acceptors (Lipinski definition) is 4. The van der Waals surface area contributed by atoms with Gasteiger partial charge in [-0.1, -0.05) is 68.3 Å². The molecule has 34 heavy (non-hydrogen) atoms. The zero-order chi connectivity index (χ0) is 24.3. The van der Waals surface area contributed by atoms with Crippen molar-refractivity contribution in [2.45, 2.75) is 50.5 Å². The molecule has 0 aliphatic heterocycles. The molecule has 2 aliphatic carbocycles. The molecule has 2 aromatic carbocycles. The highest BCUT2D eigenvalue weighted by atomic mass is 16.5. The summed E-state index contributed by atoms with van der Waals surface area (Å²) in [6, 6.07) is 16.4. The topological polar surface area (TPSA) is 95.9 Å². The Morgan fingerprint density at radius 3 is 2.18 bits per heavy atom. The molecule has 2 aromatic rings. The number of carboxylic acid groups (broad SMARTS) is 1. The van der Waals surface area contributed by atoms with Gasteiger partial charge in [-0.3, -0.25) is 9.59 Å². The second-order valence-corrected chi connectivity index (χ2v) is 9.63. The van der Waals surface area contributed by atoms with Crippen molar-refractivity contribution in [3.63, 3.8) is 0 Å². The molecule has 2 N–H and O–H groups in total. The minimum Gasteiger partial charge on any atom is -0.481 e. The summed E-state index contributed by atoms with van der Waals surface area (Å²) in [6.45, 7) is 1.93. The second kappa shape index (κ2) is 9.87. The number of rotatable bonds is 8. The standard InChI is InChI=1S/C27H32N2O5/c1-18(25(31)32)16-29(2)24(30)15-27(13-7-8-14-27)28-26(33)34-17-23-21-11-5-3-9-19(21)20-10-4-6-12-22(20)23/h3-6,9-12,18,23H,7-8,13-17H2,1-2H3,(H,28,33)(H,31,32). The molecule has 0 heterocycles. The zero-order valence-corrected chi connectivity index (χ0v) is 19.8. The minimum absolute atomic E-state index is 0.0250. The van der Waals surface area contributed by atoms with Gasteiger partial charge in [-0.15, -0.1) is 0 Å². The number of hydrogen-bond donors (Lipinski definition) is 2. The van der Waals surface area contributed by atoms with Gasteiger partial charge in [-0.25, -0.2) is 4.79 Å². The van der Waals surface area contributed by atoms with Crippen LogP contribution in [0.5, 0.6) is 0 Å². The van der Waals surface area contributed by atoms with Crippen LogP contribution in [0, 0.1) is 5.92 Å². The Morgan fingerprint density at radius 2 is 1.62 bits per heavy atom. The van der Waals surface area contributed by atoms with E-state index in [1.165, 1.54) is 16.0 Å². The van der Waals surface area contributed by atoms with Crippen molar-refractivity contribution >= 4 is 18.0 Å². The average Bonchev–Trinajstić information content (AvgIpc) is 3.40. The summed E-state index contributed by atoms with van der Waals surface area (Å²) in [7, 11) is 1.61. The third kappa shape index (κ3) is 4.93. The molecule has 180 valence electrons. The summed E-state index contributed by atoms with van der Waals surface area (Å²) < 4.78 is 5.71. The lowest BCUT2D eigenvalue weighted by molar-refractivity contribution is -0.142. The quantitative estimate of drug-likeness (QED) is 0.603. The molecule has 0 bridgehead atoms. The van der Waals surface area contributed by atoms with E-state index in [9.17, 15) is 14.4 Å². The van der Waals surface area contributed by atoms with Crippen LogP contribution in [0.15, 0.2) is 48.5 Å². The van der Waals surface area contributed by atoms with Crippen LogP contribution in [-0.4, -0.2) is 53.7 Å². The number of carbonyl (C=O) groups excluding carboxylic acids is 2. The van der Waals surface area contributed by atoms with E-state index >= 15 is 0 Å². The van der Waals surface area contributed by atoms with Crippen LogP contribution in [0.4, 0.5) is 4.79 Å². The summed E-state index contributed by atoms with van der Waals surface area (Å²) >= 11 is 0.